The minimum absolute atomic E-state index is 0.128. The highest BCUT2D eigenvalue weighted by molar-refractivity contribution is 8.14. The molecule has 5 rings (SSSR count). The second-order valence-electron chi connectivity index (χ2n) is 7.46. The zero-order valence-corrected chi connectivity index (χ0v) is 19.2. The molecule has 0 aliphatic carbocycles. The zero-order chi connectivity index (χ0) is 23.5. The lowest BCUT2D eigenvalue weighted by Gasteiger charge is -2.31. The summed E-state index contributed by atoms with van der Waals surface area (Å²) in [5.41, 5.74) is 4.21. The average molecular weight is 482 g/mol. The Balaban J connectivity index is 1.18. The first-order valence-electron chi connectivity index (χ1n) is 10.8. The molecule has 0 bridgehead atoms. The van der Waals surface area contributed by atoms with Gasteiger partial charge in [-0.15, -0.1) is 0 Å². The number of benzene rings is 2. The molecule has 2 aromatic carbocycles. The van der Waals surface area contributed by atoms with Gasteiger partial charge in [0.25, 0.3) is 5.91 Å². The van der Waals surface area contributed by atoms with Crippen molar-refractivity contribution in [2.45, 2.75) is 13.1 Å². The van der Waals surface area contributed by atoms with Crippen molar-refractivity contribution in [3.63, 3.8) is 0 Å². The van der Waals surface area contributed by atoms with Crippen LogP contribution in [0.5, 0.6) is 17.2 Å². The molecule has 2 N–H and O–H groups in total. The molecule has 3 heterocycles. The van der Waals surface area contributed by atoms with Crippen molar-refractivity contribution in [1.29, 1.82) is 0 Å². The monoisotopic (exact) mass is 481 g/mol. The highest BCUT2D eigenvalue weighted by atomic mass is 32.2. The average Bonchev–Trinajstić information content (AvgIpc) is 3.28. The Bertz CT molecular complexity index is 1150. The second-order valence-corrected chi connectivity index (χ2v) is 8.40. The van der Waals surface area contributed by atoms with Gasteiger partial charge >= 0.3 is 0 Å². The standard InChI is InChI=1S/C23H23N5O5S/c1-2-31-17-6-4-16(5-7-17)27-9-10-28-21(22(27)30)25-26-23(28)34-14-20(29)24-15-3-8-18-19(13-15)33-12-11-32-18/h3-10,13,21,25H,2,11-12,14H2,1H3,(H,24,29). The maximum absolute atomic E-state index is 13.0. The fraction of sp³-hybridized carbons (Fsp3) is 0.261. The van der Waals surface area contributed by atoms with E-state index >= 15 is 0 Å². The molecule has 10 nitrogen and oxygen atoms in total. The van der Waals surface area contributed by atoms with Gasteiger partial charge in [0.15, 0.2) is 16.7 Å². The number of nitrogens with zero attached hydrogens (tertiary/aromatic N) is 3. The Morgan fingerprint density at radius 2 is 1.97 bits per heavy atom. The molecule has 0 fully saturated rings. The number of hydrogen-bond acceptors (Lipinski definition) is 9. The van der Waals surface area contributed by atoms with Gasteiger partial charge in [0.1, 0.15) is 19.0 Å². The van der Waals surface area contributed by atoms with Crippen LogP contribution < -0.4 is 29.9 Å². The maximum Gasteiger partial charge on any atom is 0.276 e. The molecule has 34 heavy (non-hydrogen) atoms. The van der Waals surface area contributed by atoms with Gasteiger partial charge in [0, 0.05) is 29.8 Å². The number of carbonyl (C=O) groups excluding carboxylic acids is 2. The van der Waals surface area contributed by atoms with E-state index in [4.69, 9.17) is 14.2 Å². The van der Waals surface area contributed by atoms with Crippen LogP contribution in [0.4, 0.5) is 11.4 Å². The van der Waals surface area contributed by atoms with Crippen molar-refractivity contribution in [3.8, 4) is 17.2 Å². The normalized spacial score (nSPS) is 18.2. The largest absolute Gasteiger partial charge is 0.494 e. The van der Waals surface area contributed by atoms with Crippen LogP contribution in [0, 0.1) is 0 Å². The van der Waals surface area contributed by atoms with Crippen LogP contribution in [0.1, 0.15) is 6.92 Å². The summed E-state index contributed by atoms with van der Waals surface area (Å²) in [7, 11) is 0. The summed E-state index contributed by atoms with van der Waals surface area (Å²) >= 11 is 1.24. The third-order valence-corrected chi connectivity index (χ3v) is 6.18. The predicted octanol–water partition coefficient (Wildman–Crippen LogP) is 2.55. The van der Waals surface area contributed by atoms with E-state index in [0.717, 1.165) is 11.4 Å². The lowest BCUT2D eigenvalue weighted by Crippen LogP contribution is -2.52. The molecule has 1 unspecified atom stereocenters. The molecule has 3 aliphatic rings. The number of rotatable bonds is 6. The van der Waals surface area contributed by atoms with Crippen molar-refractivity contribution >= 4 is 40.1 Å². The molecule has 176 valence electrons. The zero-order valence-electron chi connectivity index (χ0n) is 18.4. The van der Waals surface area contributed by atoms with Gasteiger partial charge in [0.05, 0.1) is 12.4 Å². The van der Waals surface area contributed by atoms with Crippen molar-refractivity contribution in [2.75, 3.05) is 35.8 Å². The van der Waals surface area contributed by atoms with Crippen molar-refractivity contribution in [2.24, 2.45) is 5.10 Å². The first-order valence-corrected chi connectivity index (χ1v) is 11.8. The quantitative estimate of drug-likeness (QED) is 0.649. The molecule has 0 saturated heterocycles. The Kier molecular flexibility index (Phi) is 6.17. The van der Waals surface area contributed by atoms with Crippen LogP contribution in [0.25, 0.3) is 0 Å². The number of anilines is 2. The Labute approximate surface area is 200 Å². The summed E-state index contributed by atoms with van der Waals surface area (Å²) in [6.45, 7) is 3.49. The summed E-state index contributed by atoms with van der Waals surface area (Å²) < 4.78 is 16.5. The Hall–Kier alpha value is -3.86. The van der Waals surface area contributed by atoms with E-state index < -0.39 is 6.17 Å². The number of fused-ring (bicyclic) bond motifs is 2. The van der Waals surface area contributed by atoms with E-state index in [1.165, 1.54) is 11.8 Å². The van der Waals surface area contributed by atoms with E-state index in [2.05, 4.69) is 15.8 Å². The lowest BCUT2D eigenvalue weighted by atomic mass is 10.2. The van der Waals surface area contributed by atoms with Crippen LogP contribution in [-0.2, 0) is 9.59 Å². The maximum atomic E-state index is 13.0. The third-order valence-electron chi connectivity index (χ3n) is 5.21. The van der Waals surface area contributed by atoms with E-state index in [0.29, 0.717) is 42.2 Å². The number of hydrazone groups is 1. The summed E-state index contributed by atoms with van der Waals surface area (Å²) in [6.07, 6.45) is 2.79. The highest BCUT2D eigenvalue weighted by Gasteiger charge is 2.38. The Morgan fingerprint density at radius 3 is 2.76 bits per heavy atom. The predicted molar refractivity (Wildman–Crippen MR) is 129 cm³/mol. The van der Waals surface area contributed by atoms with Crippen LogP contribution >= 0.6 is 11.8 Å². The van der Waals surface area contributed by atoms with Crippen LogP contribution in [0.2, 0.25) is 0 Å². The smallest absolute Gasteiger partial charge is 0.276 e. The molecule has 1 atom stereocenters. The minimum Gasteiger partial charge on any atom is -0.494 e. The van der Waals surface area contributed by atoms with Crippen molar-refractivity contribution in [1.82, 2.24) is 10.3 Å². The van der Waals surface area contributed by atoms with E-state index in [1.807, 2.05) is 31.2 Å². The fourth-order valence-corrected chi connectivity index (χ4v) is 4.42. The number of thioether (sulfide) groups is 1. The summed E-state index contributed by atoms with van der Waals surface area (Å²) in [5.74, 6) is 1.78. The molecule has 0 aromatic heterocycles. The van der Waals surface area contributed by atoms with Crippen LogP contribution in [-0.4, -0.2) is 53.6 Å². The van der Waals surface area contributed by atoms with Gasteiger partial charge in [0.2, 0.25) is 12.1 Å². The topological polar surface area (TPSA) is 105 Å². The first-order chi connectivity index (χ1) is 16.6. The van der Waals surface area contributed by atoms with E-state index in [9.17, 15) is 9.59 Å². The number of amides is 2. The molecule has 0 spiro atoms. The Morgan fingerprint density at radius 1 is 1.18 bits per heavy atom. The first kappa shape index (κ1) is 22.0. The molecule has 3 aliphatic heterocycles. The summed E-state index contributed by atoms with van der Waals surface area (Å²) in [4.78, 5) is 28.8. The molecular formula is C23H23N5O5S. The number of ether oxygens (including phenoxy) is 3. The number of nitrogens with one attached hydrogen (secondary N) is 2. The summed E-state index contributed by atoms with van der Waals surface area (Å²) in [5, 5.41) is 7.64. The van der Waals surface area contributed by atoms with Gasteiger partial charge < -0.3 is 19.5 Å². The minimum atomic E-state index is -0.667. The number of carbonyl (C=O) groups is 2. The van der Waals surface area contributed by atoms with Gasteiger partial charge in [-0.25, -0.2) is 0 Å². The molecular weight excluding hydrogens is 458 g/mol. The van der Waals surface area contributed by atoms with Gasteiger partial charge in [-0.2, -0.15) is 5.10 Å². The van der Waals surface area contributed by atoms with E-state index in [-0.39, 0.29) is 17.6 Å². The summed E-state index contributed by atoms with van der Waals surface area (Å²) in [6, 6.07) is 12.6. The molecule has 11 heteroatoms. The molecule has 0 saturated carbocycles. The molecule has 2 amide bonds. The van der Waals surface area contributed by atoms with Crippen molar-refractivity contribution in [3.05, 3.63) is 54.9 Å². The number of amidine groups is 1. The van der Waals surface area contributed by atoms with Crippen LogP contribution in [0.3, 0.4) is 0 Å². The van der Waals surface area contributed by atoms with Gasteiger partial charge in [-0.1, -0.05) is 11.8 Å². The van der Waals surface area contributed by atoms with Crippen LogP contribution in [0.15, 0.2) is 60.0 Å². The van der Waals surface area contributed by atoms with Gasteiger partial charge in [-0.05, 0) is 43.3 Å². The second kappa shape index (κ2) is 9.56. The SMILES string of the molecule is CCOc1ccc(N2C=CN3C(SCC(=O)Nc4ccc5c(c4)OCCO5)=NNC3C2=O)cc1. The lowest BCUT2D eigenvalue weighted by molar-refractivity contribution is -0.122. The van der Waals surface area contributed by atoms with Gasteiger partial charge in [-0.3, -0.25) is 24.8 Å². The number of hydrogen-bond donors (Lipinski definition) is 2. The third kappa shape index (κ3) is 4.46. The highest BCUT2D eigenvalue weighted by Crippen LogP contribution is 2.33. The van der Waals surface area contributed by atoms with Crippen molar-refractivity contribution < 1.29 is 23.8 Å². The molecule has 0 radical (unpaired) electrons. The fourth-order valence-electron chi connectivity index (χ4n) is 3.65. The molecule has 2 aromatic rings. The van der Waals surface area contributed by atoms with E-state index in [1.54, 1.807) is 40.4 Å².